The molecule has 0 aromatic carbocycles. The van der Waals surface area contributed by atoms with Gasteiger partial charge in [-0.1, -0.05) is 19.0 Å². The molecule has 2 aliphatic rings. The van der Waals surface area contributed by atoms with E-state index in [1.165, 1.54) is 0 Å². The van der Waals surface area contributed by atoms with Crippen molar-refractivity contribution in [1.29, 1.82) is 0 Å². The molecule has 1 N–H and O–H groups in total. The molecule has 0 amide bonds. The maximum Gasteiger partial charge on any atom is 0.151 e. The number of aryl methyl sites for hydroxylation is 1. The third kappa shape index (κ3) is 2.32. The summed E-state index contributed by atoms with van der Waals surface area (Å²) in [5.74, 6) is 1.28. The molecule has 0 unspecified atom stereocenters. The lowest BCUT2D eigenvalue weighted by Gasteiger charge is -2.62. The highest BCUT2D eigenvalue weighted by atomic mass is 16.5. The summed E-state index contributed by atoms with van der Waals surface area (Å²) in [4.78, 5) is 2.45. The fourth-order valence-electron chi connectivity index (χ4n) is 4.51. The van der Waals surface area contributed by atoms with Crippen molar-refractivity contribution < 1.29 is 9.63 Å². The van der Waals surface area contributed by atoms with Crippen molar-refractivity contribution in [3.63, 3.8) is 0 Å². The zero-order chi connectivity index (χ0) is 16.2. The quantitative estimate of drug-likeness (QED) is 0.939. The molecule has 2 fully saturated rings. The van der Waals surface area contributed by atoms with E-state index in [1.807, 2.05) is 19.3 Å². The SMILES string of the molecule is Cn1cc(-c2cc(CN3CCC[C@@H]4[C@H](O)C(C)(C)[C@@H]43)on2)cn1. The summed E-state index contributed by atoms with van der Waals surface area (Å²) in [6, 6.07) is 2.43. The normalized spacial score (nSPS) is 30.0. The second-order valence-corrected chi connectivity index (χ2v) is 7.57. The van der Waals surface area contributed by atoms with Gasteiger partial charge in [0.15, 0.2) is 5.76 Å². The molecule has 4 rings (SSSR count). The Morgan fingerprint density at radius 3 is 3.00 bits per heavy atom. The average Bonchev–Trinajstić information content (AvgIpc) is 3.15. The number of rotatable bonds is 3. The lowest BCUT2D eigenvalue weighted by molar-refractivity contribution is -0.195. The van der Waals surface area contributed by atoms with E-state index < -0.39 is 0 Å². The van der Waals surface area contributed by atoms with E-state index in [2.05, 4.69) is 29.0 Å². The summed E-state index contributed by atoms with van der Waals surface area (Å²) in [6.07, 6.45) is 5.81. The van der Waals surface area contributed by atoms with Crippen molar-refractivity contribution in [2.45, 2.75) is 45.4 Å². The van der Waals surface area contributed by atoms with E-state index in [4.69, 9.17) is 4.52 Å². The van der Waals surface area contributed by atoms with Gasteiger partial charge in [0.2, 0.25) is 0 Å². The first kappa shape index (κ1) is 14.9. The Morgan fingerprint density at radius 2 is 2.26 bits per heavy atom. The number of hydrogen-bond acceptors (Lipinski definition) is 5. The molecule has 2 aromatic heterocycles. The van der Waals surface area contributed by atoms with Crippen molar-refractivity contribution in [3.8, 4) is 11.3 Å². The van der Waals surface area contributed by atoms with E-state index in [-0.39, 0.29) is 11.5 Å². The number of piperidine rings is 1. The standard InChI is InChI=1S/C17H24N4O2/c1-17(2)15-13(16(17)22)5-4-6-21(15)10-12-7-14(19-23-12)11-8-18-20(3)9-11/h7-9,13,15-16,22H,4-6,10H2,1-3H3/t13-,15+,16-/m0/s1. The summed E-state index contributed by atoms with van der Waals surface area (Å²) in [7, 11) is 1.89. The largest absolute Gasteiger partial charge is 0.392 e. The number of aromatic nitrogens is 3. The molecule has 2 aromatic rings. The van der Waals surface area contributed by atoms with Crippen LogP contribution in [0.15, 0.2) is 23.0 Å². The molecule has 23 heavy (non-hydrogen) atoms. The minimum atomic E-state index is -0.184. The third-order valence-electron chi connectivity index (χ3n) is 5.63. The Balaban J connectivity index is 1.51. The average molecular weight is 316 g/mol. The molecular weight excluding hydrogens is 292 g/mol. The number of nitrogens with zero attached hydrogens (tertiary/aromatic N) is 4. The molecule has 1 saturated carbocycles. The second-order valence-electron chi connectivity index (χ2n) is 7.57. The fraction of sp³-hybridized carbons (Fsp3) is 0.647. The van der Waals surface area contributed by atoms with Gasteiger partial charge in [0, 0.05) is 42.2 Å². The minimum Gasteiger partial charge on any atom is -0.392 e. The van der Waals surface area contributed by atoms with Crippen molar-refractivity contribution in [3.05, 3.63) is 24.2 Å². The summed E-state index contributed by atoms with van der Waals surface area (Å²) >= 11 is 0. The van der Waals surface area contributed by atoms with Gasteiger partial charge in [0.05, 0.1) is 18.8 Å². The molecule has 124 valence electrons. The molecule has 3 heterocycles. The summed E-state index contributed by atoms with van der Waals surface area (Å²) in [5, 5.41) is 18.7. The van der Waals surface area contributed by atoms with Gasteiger partial charge in [0.1, 0.15) is 5.69 Å². The van der Waals surface area contributed by atoms with Crippen LogP contribution < -0.4 is 0 Å². The summed E-state index contributed by atoms with van der Waals surface area (Å²) in [5.41, 5.74) is 1.75. The first-order valence-electron chi connectivity index (χ1n) is 8.33. The Morgan fingerprint density at radius 1 is 1.43 bits per heavy atom. The molecule has 3 atom stereocenters. The molecule has 0 spiro atoms. The summed E-state index contributed by atoms with van der Waals surface area (Å²) < 4.78 is 7.30. The Labute approximate surface area is 136 Å². The van der Waals surface area contributed by atoms with Crippen LogP contribution in [0, 0.1) is 11.3 Å². The van der Waals surface area contributed by atoms with Crippen molar-refractivity contribution >= 4 is 0 Å². The van der Waals surface area contributed by atoms with Gasteiger partial charge in [-0.2, -0.15) is 5.10 Å². The molecule has 0 bridgehead atoms. The number of fused-ring (bicyclic) bond motifs is 1. The van der Waals surface area contributed by atoms with Crippen LogP contribution in [0.1, 0.15) is 32.4 Å². The molecular formula is C17H24N4O2. The third-order valence-corrected chi connectivity index (χ3v) is 5.63. The maximum absolute atomic E-state index is 10.3. The predicted octanol–water partition coefficient (Wildman–Crippen LogP) is 2.06. The van der Waals surface area contributed by atoms with Crippen LogP contribution in [0.5, 0.6) is 0 Å². The highest BCUT2D eigenvalue weighted by molar-refractivity contribution is 5.56. The van der Waals surface area contributed by atoms with Gasteiger partial charge < -0.3 is 9.63 Å². The van der Waals surface area contributed by atoms with Gasteiger partial charge >= 0.3 is 0 Å². The van der Waals surface area contributed by atoms with Crippen LogP contribution in [0.2, 0.25) is 0 Å². The van der Waals surface area contributed by atoms with Gasteiger partial charge in [-0.15, -0.1) is 0 Å². The van der Waals surface area contributed by atoms with E-state index in [0.29, 0.717) is 12.0 Å². The molecule has 1 saturated heterocycles. The van der Waals surface area contributed by atoms with Crippen LogP contribution in [0.25, 0.3) is 11.3 Å². The highest BCUT2D eigenvalue weighted by Gasteiger charge is 2.58. The number of aliphatic hydroxyl groups excluding tert-OH is 1. The van der Waals surface area contributed by atoms with E-state index >= 15 is 0 Å². The van der Waals surface area contributed by atoms with E-state index in [9.17, 15) is 5.11 Å². The Kier molecular flexibility index (Phi) is 3.35. The van der Waals surface area contributed by atoms with Gasteiger partial charge in [0.25, 0.3) is 0 Å². The van der Waals surface area contributed by atoms with E-state index in [0.717, 1.165) is 42.9 Å². The van der Waals surface area contributed by atoms with Crippen LogP contribution in [0.4, 0.5) is 0 Å². The van der Waals surface area contributed by atoms with E-state index in [1.54, 1.807) is 10.9 Å². The molecule has 6 nitrogen and oxygen atoms in total. The molecule has 1 aliphatic carbocycles. The number of likely N-dealkylation sites (tertiary alicyclic amines) is 1. The van der Waals surface area contributed by atoms with Gasteiger partial charge in [-0.25, -0.2) is 0 Å². The smallest absolute Gasteiger partial charge is 0.151 e. The maximum atomic E-state index is 10.3. The number of hydrogen-bond donors (Lipinski definition) is 1. The zero-order valence-corrected chi connectivity index (χ0v) is 13.9. The van der Waals surface area contributed by atoms with Crippen LogP contribution in [-0.2, 0) is 13.6 Å². The first-order valence-corrected chi connectivity index (χ1v) is 8.33. The summed E-state index contributed by atoms with van der Waals surface area (Å²) in [6.45, 7) is 6.14. The lowest BCUT2D eigenvalue weighted by Crippen LogP contribution is -2.69. The number of aliphatic hydroxyl groups is 1. The van der Waals surface area contributed by atoms with Crippen LogP contribution >= 0.6 is 0 Å². The first-order chi connectivity index (χ1) is 11.0. The molecule has 1 aliphatic heterocycles. The van der Waals surface area contributed by atoms with Gasteiger partial charge in [-0.05, 0) is 19.4 Å². The monoisotopic (exact) mass is 316 g/mol. The van der Waals surface area contributed by atoms with Crippen LogP contribution in [-0.4, -0.2) is 43.6 Å². The topological polar surface area (TPSA) is 67.3 Å². The predicted molar refractivity (Wildman–Crippen MR) is 85.4 cm³/mol. The van der Waals surface area contributed by atoms with Crippen molar-refractivity contribution in [2.75, 3.05) is 6.54 Å². The molecule has 0 radical (unpaired) electrons. The van der Waals surface area contributed by atoms with Crippen LogP contribution in [0.3, 0.4) is 0 Å². The Hall–Kier alpha value is -1.66. The fourth-order valence-corrected chi connectivity index (χ4v) is 4.51. The van der Waals surface area contributed by atoms with Crippen molar-refractivity contribution in [1.82, 2.24) is 19.8 Å². The van der Waals surface area contributed by atoms with Crippen molar-refractivity contribution in [2.24, 2.45) is 18.4 Å². The highest BCUT2D eigenvalue weighted by Crippen LogP contribution is 2.52. The second kappa shape index (κ2) is 5.18. The molecule has 6 heteroatoms. The lowest BCUT2D eigenvalue weighted by atomic mass is 9.54. The Bertz CT molecular complexity index is 705. The van der Waals surface area contributed by atoms with Gasteiger partial charge in [-0.3, -0.25) is 9.58 Å². The minimum absolute atomic E-state index is 0.0444. The zero-order valence-electron chi connectivity index (χ0n) is 13.9.